The highest BCUT2D eigenvalue weighted by atomic mass is 32.2. The van der Waals surface area contributed by atoms with E-state index in [1.54, 1.807) is 59.7 Å². The summed E-state index contributed by atoms with van der Waals surface area (Å²) in [7, 11) is 0. The summed E-state index contributed by atoms with van der Waals surface area (Å²) in [4.78, 5) is 34.1. The number of anilines is 2. The Hall–Kier alpha value is -4.38. The zero-order valence-corrected chi connectivity index (χ0v) is 19.2. The van der Waals surface area contributed by atoms with Gasteiger partial charge in [-0.05, 0) is 36.4 Å². The first-order valence-electron chi connectivity index (χ1n) is 10.7. The Bertz CT molecular complexity index is 1360. The quantitative estimate of drug-likeness (QED) is 0.362. The number of ether oxygens (including phenoxy) is 2. The molecule has 0 saturated carbocycles. The van der Waals surface area contributed by atoms with Crippen LogP contribution >= 0.6 is 11.8 Å². The Morgan fingerprint density at radius 3 is 2.71 bits per heavy atom. The number of nitrogens with one attached hydrogen (secondary N) is 2. The largest absolute Gasteiger partial charge is 0.454 e. The minimum Gasteiger partial charge on any atom is -0.454 e. The zero-order chi connectivity index (χ0) is 24.0. The molecule has 2 N–H and O–H groups in total. The van der Waals surface area contributed by atoms with Gasteiger partial charge in [0, 0.05) is 30.2 Å². The second-order valence-electron chi connectivity index (χ2n) is 7.41. The first-order chi connectivity index (χ1) is 17.2. The number of aromatic nitrogens is 4. The van der Waals surface area contributed by atoms with Gasteiger partial charge in [-0.3, -0.25) is 14.6 Å². The molecule has 4 aromatic rings. The van der Waals surface area contributed by atoms with Crippen LogP contribution in [0.15, 0.2) is 78.2 Å². The van der Waals surface area contributed by atoms with Crippen molar-refractivity contribution in [1.29, 1.82) is 0 Å². The summed E-state index contributed by atoms with van der Waals surface area (Å²) in [6.45, 7) is 0.579. The van der Waals surface area contributed by atoms with Gasteiger partial charge in [-0.1, -0.05) is 17.8 Å². The number of amides is 2. The Labute approximate surface area is 204 Å². The van der Waals surface area contributed by atoms with Gasteiger partial charge in [0.15, 0.2) is 11.5 Å². The average molecular weight is 489 g/mol. The van der Waals surface area contributed by atoms with Crippen molar-refractivity contribution >= 4 is 35.1 Å². The molecule has 0 fully saturated rings. The van der Waals surface area contributed by atoms with Crippen LogP contribution in [-0.4, -0.2) is 44.1 Å². The predicted octanol–water partition coefficient (Wildman–Crippen LogP) is 3.43. The van der Waals surface area contributed by atoms with Crippen molar-refractivity contribution in [2.24, 2.45) is 0 Å². The molecule has 176 valence electrons. The number of hydrogen-bond donors (Lipinski definition) is 2. The van der Waals surface area contributed by atoms with Crippen LogP contribution in [0.5, 0.6) is 11.5 Å². The van der Waals surface area contributed by atoms with E-state index in [2.05, 4.69) is 25.7 Å². The fraction of sp³-hybridized carbons (Fsp3) is 0.125. The third kappa shape index (κ3) is 5.41. The molecule has 0 spiro atoms. The third-order valence-electron chi connectivity index (χ3n) is 5.01. The second kappa shape index (κ2) is 10.3. The Morgan fingerprint density at radius 1 is 0.943 bits per heavy atom. The Balaban J connectivity index is 1.22. The molecule has 0 aliphatic carbocycles. The van der Waals surface area contributed by atoms with Gasteiger partial charge in [-0.15, -0.1) is 0 Å². The molecule has 2 amide bonds. The van der Waals surface area contributed by atoms with E-state index in [4.69, 9.17) is 9.47 Å². The highest BCUT2D eigenvalue weighted by Crippen LogP contribution is 2.34. The summed E-state index contributed by atoms with van der Waals surface area (Å²) >= 11 is 1.18. The lowest BCUT2D eigenvalue weighted by atomic mass is 10.2. The van der Waals surface area contributed by atoms with E-state index in [0.717, 1.165) is 5.69 Å². The highest BCUT2D eigenvalue weighted by molar-refractivity contribution is 8.00. The van der Waals surface area contributed by atoms with Gasteiger partial charge < -0.3 is 20.1 Å². The SMILES string of the molecule is O=C(CSc1ncccc1C(=O)Nc1ccnn1Cc1ccccn1)Nc1ccc2c(c1)OCO2. The number of fused-ring (bicyclic) bond motifs is 1. The van der Waals surface area contributed by atoms with Gasteiger partial charge in [0.1, 0.15) is 10.8 Å². The number of rotatable bonds is 8. The molecule has 1 aliphatic rings. The van der Waals surface area contributed by atoms with Crippen LogP contribution in [0.2, 0.25) is 0 Å². The molecule has 1 aromatic carbocycles. The molecule has 10 nitrogen and oxygen atoms in total. The van der Waals surface area contributed by atoms with Gasteiger partial charge in [0.2, 0.25) is 12.7 Å². The topological polar surface area (TPSA) is 120 Å². The number of benzene rings is 1. The smallest absolute Gasteiger partial charge is 0.259 e. The molecule has 1 aliphatic heterocycles. The van der Waals surface area contributed by atoms with E-state index >= 15 is 0 Å². The van der Waals surface area contributed by atoms with Crippen molar-refractivity contribution in [2.75, 3.05) is 23.2 Å². The summed E-state index contributed by atoms with van der Waals surface area (Å²) in [5, 5.41) is 10.4. The van der Waals surface area contributed by atoms with Gasteiger partial charge in [-0.2, -0.15) is 5.10 Å². The maximum Gasteiger partial charge on any atom is 0.259 e. The maximum atomic E-state index is 13.0. The van der Waals surface area contributed by atoms with Crippen molar-refractivity contribution in [2.45, 2.75) is 11.6 Å². The number of nitrogens with zero attached hydrogens (tertiary/aromatic N) is 4. The molecular weight excluding hydrogens is 468 g/mol. The van der Waals surface area contributed by atoms with Crippen molar-refractivity contribution in [3.05, 3.63) is 84.4 Å². The monoisotopic (exact) mass is 488 g/mol. The van der Waals surface area contributed by atoms with Crippen molar-refractivity contribution in [3.8, 4) is 11.5 Å². The third-order valence-corrected chi connectivity index (χ3v) is 6.01. The standard InChI is InChI=1S/C24H20N6O4S/c31-22(28-16-6-7-19-20(12-16)34-15-33-19)14-35-24-18(5-3-10-26-24)23(32)29-21-8-11-27-30(21)13-17-4-1-2-9-25-17/h1-12H,13-15H2,(H,28,31)(H,29,32). The summed E-state index contributed by atoms with van der Waals surface area (Å²) in [5.74, 6) is 1.24. The number of hydrogen-bond acceptors (Lipinski definition) is 8. The maximum absolute atomic E-state index is 13.0. The fourth-order valence-corrected chi connectivity index (χ4v) is 4.17. The van der Waals surface area contributed by atoms with E-state index in [9.17, 15) is 9.59 Å². The van der Waals surface area contributed by atoms with Crippen LogP contribution in [0, 0.1) is 0 Å². The van der Waals surface area contributed by atoms with Crippen molar-refractivity contribution in [1.82, 2.24) is 19.7 Å². The first-order valence-corrected chi connectivity index (χ1v) is 11.6. The van der Waals surface area contributed by atoms with Crippen LogP contribution < -0.4 is 20.1 Å². The molecule has 0 saturated heterocycles. The molecule has 3 aromatic heterocycles. The predicted molar refractivity (Wildman–Crippen MR) is 130 cm³/mol. The molecule has 11 heteroatoms. The van der Waals surface area contributed by atoms with Crippen LogP contribution in [0.4, 0.5) is 11.5 Å². The fourth-order valence-electron chi connectivity index (χ4n) is 3.38. The summed E-state index contributed by atoms with van der Waals surface area (Å²) in [5.41, 5.74) is 1.77. The molecule has 4 heterocycles. The highest BCUT2D eigenvalue weighted by Gasteiger charge is 2.17. The van der Waals surface area contributed by atoms with E-state index < -0.39 is 0 Å². The lowest BCUT2D eigenvalue weighted by Crippen LogP contribution is -2.18. The number of thioether (sulfide) groups is 1. The summed E-state index contributed by atoms with van der Waals surface area (Å²) in [6.07, 6.45) is 4.90. The number of pyridine rings is 2. The molecule has 35 heavy (non-hydrogen) atoms. The first kappa shape index (κ1) is 22.4. The molecule has 0 radical (unpaired) electrons. The lowest BCUT2D eigenvalue weighted by Gasteiger charge is -2.11. The van der Waals surface area contributed by atoms with Gasteiger partial charge >= 0.3 is 0 Å². The lowest BCUT2D eigenvalue weighted by molar-refractivity contribution is -0.113. The molecule has 0 atom stereocenters. The number of carbonyl (C=O) groups is 2. The van der Waals surface area contributed by atoms with Crippen LogP contribution in [-0.2, 0) is 11.3 Å². The minimum absolute atomic E-state index is 0.0728. The van der Waals surface area contributed by atoms with E-state index in [-0.39, 0.29) is 24.4 Å². The second-order valence-corrected chi connectivity index (χ2v) is 8.37. The molecular formula is C24H20N6O4S. The van der Waals surface area contributed by atoms with Crippen LogP contribution in [0.3, 0.4) is 0 Å². The van der Waals surface area contributed by atoms with Crippen LogP contribution in [0.1, 0.15) is 16.1 Å². The van der Waals surface area contributed by atoms with Crippen LogP contribution in [0.25, 0.3) is 0 Å². The summed E-state index contributed by atoms with van der Waals surface area (Å²) in [6, 6.07) is 15.9. The van der Waals surface area contributed by atoms with Gasteiger partial charge in [0.25, 0.3) is 5.91 Å². The number of carbonyl (C=O) groups excluding carboxylic acids is 2. The Morgan fingerprint density at radius 2 is 1.83 bits per heavy atom. The molecule has 5 rings (SSSR count). The van der Waals surface area contributed by atoms with Gasteiger partial charge in [0.05, 0.1) is 29.8 Å². The van der Waals surface area contributed by atoms with Crippen molar-refractivity contribution < 1.29 is 19.1 Å². The zero-order valence-electron chi connectivity index (χ0n) is 18.4. The minimum atomic E-state index is -0.348. The molecule has 0 unspecified atom stereocenters. The van der Waals surface area contributed by atoms with Gasteiger partial charge in [-0.25, -0.2) is 9.67 Å². The van der Waals surface area contributed by atoms with E-state index in [1.165, 1.54) is 11.8 Å². The Kier molecular flexibility index (Phi) is 6.57. The normalized spacial score (nSPS) is 11.8. The average Bonchev–Trinajstić information content (AvgIpc) is 3.52. The summed E-state index contributed by atoms with van der Waals surface area (Å²) < 4.78 is 12.3. The van der Waals surface area contributed by atoms with E-state index in [0.29, 0.717) is 40.1 Å². The van der Waals surface area contributed by atoms with E-state index in [1.807, 2.05) is 18.2 Å². The molecule has 0 bridgehead atoms. The van der Waals surface area contributed by atoms with Crippen molar-refractivity contribution in [3.63, 3.8) is 0 Å².